The SMILES string of the molecule is CCCCSSCCNC. The minimum atomic E-state index is 1.13. The summed E-state index contributed by atoms with van der Waals surface area (Å²) in [7, 11) is 5.96. The molecule has 0 aromatic carbocycles. The fourth-order valence-corrected chi connectivity index (χ4v) is 2.71. The molecule has 0 aromatic heterocycles. The lowest BCUT2D eigenvalue weighted by Gasteiger charge is -1.98. The second-order valence-electron chi connectivity index (χ2n) is 2.10. The summed E-state index contributed by atoms with van der Waals surface area (Å²) in [6, 6.07) is 0. The molecule has 0 amide bonds. The number of hydrogen-bond acceptors (Lipinski definition) is 3. The molecule has 0 bridgehead atoms. The molecule has 0 atom stereocenters. The van der Waals surface area contributed by atoms with Crippen LogP contribution in [0.15, 0.2) is 0 Å². The molecule has 10 heavy (non-hydrogen) atoms. The molecule has 0 heterocycles. The average Bonchev–Trinajstić information content (AvgIpc) is 1.97. The van der Waals surface area contributed by atoms with Gasteiger partial charge in [0.25, 0.3) is 0 Å². The van der Waals surface area contributed by atoms with Gasteiger partial charge in [0.1, 0.15) is 0 Å². The van der Waals surface area contributed by atoms with Gasteiger partial charge in [-0.2, -0.15) is 0 Å². The summed E-state index contributed by atoms with van der Waals surface area (Å²) in [5, 5.41) is 3.12. The predicted octanol–water partition coefficient (Wildman–Crippen LogP) is 2.39. The lowest BCUT2D eigenvalue weighted by molar-refractivity contribution is 0.873. The van der Waals surface area contributed by atoms with Crippen LogP contribution in [-0.4, -0.2) is 25.1 Å². The fraction of sp³-hybridized carbons (Fsp3) is 1.00. The molecule has 0 rings (SSSR count). The molecule has 62 valence electrons. The van der Waals surface area contributed by atoms with Crippen molar-refractivity contribution >= 4 is 21.6 Å². The highest BCUT2D eigenvalue weighted by atomic mass is 33.1. The standard InChI is InChI=1S/C7H17NS2/c1-3-4-6-9-10-7-5-8-2/h8H,3-7H2,1-2H3. The predicted molar refractivity (Wildman–Crippen MR) is 53.8 cm³/mol. The van der Waals surface area contributed by atoms with E-state index in [9.17, 15) is 0 Å². The first kappa shape index (κ1) is 10.7. The summed E-state index contributed by atoms with van der Waals surface area (Å²) in [5.74, 6) is 2.54. The quantitative estimate of drug-likeness (QED) is 0.476. The second-order valence-corrected chi connectivity index (χ2v) is 4.80. The summed E-state index contributed by atoms with van der Waals surface area (Å²) in [6.45, 7) is 3.36. The van der Waals surface area contributed by atoms with Gasteiger partial charge in [-0.15, -0.1) is 0 Å². The van der Waals surface area contributed by atoms with Gasteiger partial charge < -0.3 is 5.32 Å². The van der Waals surface area contributed by atoms with E-state index in [0.717, 1.165) is 6.54 Å². The van der Waals surface area contributed by atoms with Crippen molar-refractivity contribution in [1.29, 1.82) is 0 Å². The smallest absolute Gasteiger partial charge is 0.0162 e. The van der Waals surface area contributed by atoms with Crippen molar-refractivity contribution in [3.8, 4) is 0 Å². The van der Waals surface area contributed by atoms with E-state index in [-0.39, 0.29) is 0 Å². The van der Waals surface area contributed by atoms with Crippen molar-refractivity contribution in [2.45, 2.75) is 19.8 Å². The van der Waals surface area contributed by atoms with Crippen molar-refractivity contribution in [2.24, 2.45) is 0 Å². The maximum atomic E-state index is 3.12. The van der Waals surface area contributed by atoms with E-state index in [4.69, 9.17) is 0 Å². The van der Waals surface area contributed by atoms with Gasteiger partial charge in [0.15, 0.2) is 0 Å². The third-order valence-corrected chi connectivity index (χ3v) is 3.59. The van der Waals surface area contributed by atoms with Gasteiger partial charge in [-0.1, -0.05) is 34.9 Å². The van der Waals surface area contributed by atoms with Crippen molar-refractivity contribution in [2.75, 3.05) is 25.1 Å². The molecule has 3 heteroatoms. The normalized spacial score (nSPS) is 10.2. The van der Waals surface area contributed by atoms with Crippen LogP contribution in [0.2, 0.25) is 0 Å². The summed E-state index contributed by atoms with van der Waals surface area (Å²) in [4.78, 5) is 0. The Morgan fingerprint density at radius 3 is 2.50 bits per heavy atom. The van der Waals surface area contributed by atoms with Gasteiger partial charge in [0, 0.05) is 18.1 Å². The van der Waals surface area contributed by atoms with Crippen molar-refractivity contribution < 1.29 is 0 Å². The minimum absolute atomic E-state index is 1.13. The van der Waals surface area contributed by atoms with Crippen LogP contribution in [0.5, 0.6) is 0 Å². The Morgan fingerprint density at radius 2 is 1.90 bits per heavy atom. The second kappa shape index (κ2) is 9.66. The van der Waals surface area contributed by atoms with Crippen molar-refractivity contribution in [1.82, 2.24) is 5.32 Å². The van der Waals surface area contributed by atoms with Gasteiger partial charge >= 0.3 is 0 Å². The maximum absolute atomic E-state index is 3.12. The Labute approximate surface area is 72.1 Å². The van der Waals surface area contributed by atoms with E-state index >= 15 is 0 Å². The molecule has 0 aromatic rings. The van der Waals surface area contributed by atoms with Gasteiger partial charge in [-0.25, -0.2) is 0 Å². The van der Waals surface area contributed by atoms with Crippen LogP contribution in [0.1, 0.15) is 19.8 Å². The Morgan fingerprint density at radius 1 is 1.20 bits per heavy atom. The van der Waals surface area contributed by atoms with Crippen LogP contribution in [0.3, 0.4) is 0 Å². The topological polar surface area (TPSA) is 12.0 Å². The van der Waals surface area contributed by atoms with Crippen molar-refractivity contribution in [3.63, 3.8) is 0 Å². The Balaban J connectivity index is 2.65. The molecule has 0 saturated carbocycles. The monoisotopic (exact) mass is 179 g/mol. The number of unbranched alkanes of at least 4 members (excludes halogenated alkanes) is 1. The molecule has 0 fully saturated rings. The van der Waals surface area contributed by atoms with Gasteiger partial charge in [0.05, 0.1) is 0 Å². The number of hydrogen-bond donors (Lipinski definition) is 1. The average molecular weight is 179 g/mol. The molecular weight excluding hydrogens is 162 g/mol. The van der Waals surface area contributed by atoms with Crippen LogP contribution < -0.4 is 5.32 Å². The largest absolute Gasteiger partial charge is 0.319 e. The van der Waals surface area contributed by atoms with Crippen LogP contribution in [0.4, 0.5) is 0 Å². The molecule has 0 saturated heterocycles. The minimum Gasteiger partial charge on any atom is -0.319 e. The first-order valence-electron chi connectivity index (χ1n) is 3.80. The molecule has 1 nitrogen and oxygen atoms in total. The lowest BCUT2D eigenvalue weighted by Crippen LogP contribution is -2.08. The summed E-state index contributed by atoms with van der Waals surface area (Å²) >= 11 is 0. The summed E-state index contributed by atoms with van der Waals surface area (Å²) in [5.41, 5.74) is 0. The highest BCUT2D eigenvalue weighted by Gasteiger charge is 1.87. The molecule has 0 aliphatic rings. The van der Waals surface area contributed by atoms with E-state index in [0.29, 0.717) is 0 Å². The molecule has 0 spiro atoms. The van der Waals surface area contributed by atoms with E-state index in [1.54, 1.807) is 0 Å². The van der Waals surface area contributed by atoms with Crippen LogP contribution in [0, 0.1) is 0 Å². The van der Waals surface area contributed by atoms with E-state index in [1.807, 2.05) is 28.6 Å². The fourth-order valence-electron chi connectivity index (χ4n) is 0.465. The van der Waals surface area contributed by atoms with Crippen LogP contribution in [0.25, 0.3) is 0 Å². The van der Waals surface area contributed by atoms with Gasteiger partial charge in [0.2, 0.25) is 0 Å². The van der Waals surface area contributed by atoms with Crippen LogP contribution in [-0.2, 0) is 0 Å². The zero-order valence-corrected chi connectivity index (χ0v) is 8.49. The van der Waals surface area contributed by atoms with Crippen molar-refractivity contribution in [3.05, 3.63) is 0 Å². The number of rotatable bonds is 7. The Hall–Kier alpha value is 0.660. The molecule has 1 N–H and O–H groups in total. The maximum Gasteiger partial charge on any atom is 0.0162 e. The lowest BCUT2D eigenvalue weighted by atomic mass is 10.4. The number of nitrogens with one attached hydrogen (secondary N) is 1. The Kier molecular flexibility index (Phi) is 10.3. The third kappa shape index (κ3) is 8.66. The molecule has 0 aliphatic heterocycles. The third-order valence-electron chi connectivity index (χ3n) is 1.10. The molecule has 0 aliphatic carbocycles. The van der Waals surface area contributed by atoms with E-state index in [2.05, 4.69) is 12.2 Å². The summed E-state index contributed by atoms with van der Waals surface area (Å²) in [6.07, 6.45) is 2.68. The highest BCUT2D eigenvalue weighted by molar-refractivity contribution is 8.76. The Bertz CT molecular complexity index is 51.6. The molecule has 0 radical (unpaired) electrons. The van der Waals surface area contributed by atoms with E-state index in [1.165, 1.54) is 24.3 Å². The molecular formula is C7H17NS2. The zero-order chi connectivity index (χ0) is 7.66. The molecule has 0 unspecified atom stereocenters. The van der Waals surface area contributed by atoms with Gasteiger partial charge in [-0.05, 0) is 13.5 Å². The van der Waals surface area contributed by atoms with Crippen LogP contribution >= 0.6 is 21.6 Å². The first-order valence-corrected chi connectivity index (χ1v) is 6.29. The van der Waals surface area contributed by atoms with E-state index < -0.39 is 0 Å². The van der Waals surface area contributed by atoms with Gasteiger partial charge in [-0.3, -0.25) is 0 Å². The zero-order valence-electron chi connectivity index (χ0n) is 6.85. The summed E-state index contributed by atoms with van der Waals surface area (Å²) < 4.78 is 0. The first-order chi connectivity index (χ1) is 4.91. The highest BCUT2D eigenvalue weighted by Crippen LogP contribution is 2.21.